The Labute approximate surface area is 149 Å². The molecule has 1 saturated heterocycles. The van der Waals surface area contributed by atoms with Gasteiger partial charge in [-0.25, -0.2) is 0 Å². The van der Waals surface area contributed by atoms with Gasteiger partial charge in [-0.15, -0.1) is 0 Å². The summed E-state index contributed by atoms with van der Waals surface area (Å²) in [6, 6.07) is 3.89. The molecule has 0 bridgehead atoms. The maximum Gasteiger partial charge on any atom is 0.217 e. The second-order valence-electron chi connectivity index (χ2n) is 5.48. The Morgan fingerprint density at radius 1 is 1.33 bits per heavy atom. The molecule has 1 heterocycles. The van der Waals surface area contributed by atoms with Gasteiger partial charge in [0, 0.05) is 17.0 Å². The van der Waals surface area contributed by atoms with E-state index >= 15 is 0 Å². The number of aliphatic hydroxyl groups is 3. The molecule has 0 saturated carbocycles. The third-order valence-corrected chi connectivity index (χ3v) is 4.26. The summed E-state index contributed by atoms with van der Waals surface area (Å²) in [4.78, 5) is 11.3. The van der Waals surface area contributed by atoms with E-state index in [-0.39, 0.29) is 6.61 Å². The lowest BCUT2D eigenvalue weighted by Crippen LogP contribution is -2.64. The molecule has 24 heavy (non-hydrogen) atoms. The Hall–Kier alpha value is -0.930. The van der Waals surface area contributed by atoms with Crippen LogP contribution in [0.4, 0.5) is 0 Å². The fraction of sp³-hybridized carbons (Fsp3) is 0.533. The van der Waals surface area contributed by atoms with E-state index in [9.17, 15) is 20.1 Å². The van der Waals surface area contributed by atoms with E-state index in [0.29, 0.717) is 15.6 Å². The second-order valence-corrected chi connectivity index (χ2v) is 6.32. The van der Waals surface area contributed by atoms with Gasteiger partial charge in [0.15, 0.2) is 6.29 Å². The van der Waals surface area contributed by atoms with Crippen LogP contribution < -0.4 is 5.32 Å². The van der Waals surface area contributed by atoms with Gasteiger partial charge in [0.05, 0.1) is 13.2 Å². The zero-order valence-corrected chi connectivity index (χ0v) is 14.4. The van der Waals surface area contributed by atoms with Crippen LogP contribution in [0.5, 0.6) is 0 Å². The first kappa shape index (κ1) is 19.4. The minimum atomic E-state index is -1.36. The van der Waals surface area contributed by atoms with E-state index in [1.807, 2.05) is 0 Å². The number of carbonyl (C=O) groups excluding carboxylic acids is 1. The van der Waals surface area contributed by atoms with Crippen LogP contribution in [0.15, 0.2) is 18.2 Å². The monoisotopic (exact) mass is 379 g/mol. The molecule has 7 nitrogen and oxygen atoms in total. The van der Waals surface area contributed by atoms with E-state index in [1.165, 1.54) is 6.92 Å². The highest BCUT2D eigenvalue weighted by Gasteiger charge is 2.45. The molecule has 5 atom stereocenters. The summed E-state index contributed by atoms with van der Waals surface area (Å²) in [6.45, 7) is 0.786. The maximum absolute atomic E-state index is 11.3. The largest absolute Gasteiger partial charge is 0.394 e. The number of carbonyl (C=O) groups is 1. The van der Waals surface area contributed by atoms with Crippen molar-refractivity contribution in [3.63, 3.8) is 0 Å². The van der Waals surface area contributed by atoms with Crippen LogP contribution in [0.3, 0.4) is 0 Å². The third-order valence-electron chi connectivity index (χ3n) is 3.67. The molecule has 9 heteroatoms. The highest BCUT2D eigenvalue weighted by atomic mass is 35.5. The number of hydrogen-bond acceptors (Lipinski definition) is 6. The van der Waals surface area contributed by atoms with Crippen LogP contribution >= 0.6 is 23.2 Å². The average molecular weight is 380 g/mol. The first-order valence-corrected chi connectivity index (χ1v) is 8.04. The lowest BCUT2D eigenvalue weighted by atomic mass is 9.97. The first-order valence-electron chi connectivity index (χ1n) is 7.28. The highest BCUT2D eigenvalue weighted by Crippen LogP contribution is 2.26. The fourth-order valence-electron chi connectivity index (χ4n) is 2.42. The molecule has 0 unspecified atom stereocenters. The van der Waals surface area contributed by atoms with Crippen molar-refractivity contribution in [3.8, 4) is 0 Å². The summed E-state index contributed by atoms with van der Waals surface area (Å²) >= 11 is 11.9. The number of halogens is 2. The maximum atomic E-state index is 11.3. The fourth-order valence-corrected chi connectivity index (χ4v) is 2.89. The minimum Gasteiger partial charge on any atom is -0.394 e. The number of aliphatic hydroxyl groups excluding tert-OH is 3. The zero-order chi connectivity index (χ0) is 17.9. The molecule has 0 spiro atoms. The molecule has 134 valence electrons. The predicted molar refractivity (Wildman–Crippen MR) is 86.6 cm³/mol. The van der Waals surface area contributed by atoms with Gasteiger partial charge in [0.1, 0.15) is 24.4 Å². The summed E-state index contributed by atoms with van der Waals surface area (Å²) in [7, 11) is 0. The van der Waals surface area contributed by atoms with Gasteiger partial charge in [-0.3, -0.25) is 4.79 Å². The van der Waals surface area contributed by atoms with Crippen LogP contribution in [0.1, 0.15) is 12.5 Å². The molecule has 0 aliphatic carbocycles. The van der Waals surface area contributed by atoms with Crippen molar-refractivity contribution in [2.75, 3.05) is 6.61 Å². The summed E-state index contributed by atoms with van der Waals surface area (Å²) in [5, 5.41) is 32.7. The predicted octanol–water partition coefficient (Wildman–Crippen LogP) is 0.454. The Morgan fingerprint density at radius 3 is 2.62 bits per heavy atom. The van der Waals surface area contributed by atoms with Crippen molar-refractivity contribution < 1.29 is 29.6 Å². The molecular formula is C15H19Cl2NO6. The van der Waals surface area contributed by atoms with E-state index in [0.717, 1.165) is 0 Å². The molecule has 2 rings (SSSR count). The number of benzene rings is 1. The van der Waals surface area contributed by atoms with Gasteiger partial charge < -0.3 is 30.1 Å². The third kappa shape index (κ3) is 4.58. The zero-order valence-electron chi connectivity index (χ0n) is 12.9. The second kappa shape index (κ2) is 8.44. The van der Waals surface area contributed by atoms with E-state index < -0.39 is 43.2 Å². The van der Waals surface area contributed by atoms with Gasteiger partial charge >= 0.3 is 0 Å². The molecule has 1 fully saturated rings. The lowest BCUT2D eigenvalue weighted by Gasteiger charge is -2.42. The minimum absolute atomic E-state index is 0.0255. The number of hydrogen-bond donors (Lipinski definition) is 4. The van der Waals surface area contributed by atoms with Gasteiger partial charge in [-0.2, -0.15) is 0 Å². The number of rotatable bonds is 5. The summed E-state index contributed by atoms with van der Waals surface area (Å²) in [5.74, 6) is -0.421. The van der Waals surface area contributed by atoms with Crippen molar-refractivity contribution in [3.05, 3.63) is 33.8 Å². The standard InChI is InChI=1S/C15H19Cl2NO6/c1-7(20)18-12-14(22)13(21)11(5-19)24-15(12)23-6-8-2-3-9(16)4-10(8)17/h2-4,11-15,19,21-22H,5-6H2,1H3,(H,18,20)/t11-,12+,13+,14-,15-/m0/s1. The quantitative estimate of drug-likeness (QED) is 0.591. The Balaban J connectivity index is 2.12. The van der Waals surface area contributed by atoms with Gasteiger partial charge in [0.2, 0.25) is 5.91 Å². The molecule has 1 amide bonds. The normalized spacial score (nSPS) is 30.2. The SMILES string of the molecule is CC(=O)N[C@H]1[C@@H](OCc2ccc(Cl)cc2Cl)O[C@@H](CO)[C@@H](O)[C@H]1O. The van der Waals surface area contributed by atoms with Crippen LogP contribution in [0, 0.1) is 0 Å². The molecular weight excluding hydrogens is 361 g/mol. The molecule has 1 aromatic rings. The van der Waals surface area contributed by atoms with E-state index in [2.05, 4.69) is 5.32 Å². The molecule has 1 aromatic carbocycles. The summed E-state index contributed by atoms with van der Waals surface area (Å²) < 4.78 is 11.1. The number of ether oxygens (including phenoxy) is 2. The highest BCUT2D eigenvalue weighted by molar-refractivity contribution is 6.35. The van der Waals surface area contributed by atoms with Crippen molar-refractivity contribution in [1.82, 2.24) is 5.32 Å². The topological polar surface area (TPSA) is 108 Å². The lowest BCUT2D eigenvalue weighted by molar-refractivity contribution is -0.273. The molecule has 0 aromatic heterocycles. The molecule has 4 N–H and O–H groups in total. The smallest absolute Gasteiger partial charge is 0.217 e. The molecule has 0 radical (unpaired) electrons. The van der Waals surface area contributed by atoms with Gasteiger partial charge in [-0.05, 0) is 17.7 Å². The van der Waals surface area contributed by atoms with Crippen LogP contribution in [0.2, 0.25) is 10.0 Å². The van der Waals surface area contributed by atoms with Crippen molar-refractivity contribution in [1.29, 1.82) is 0 Å². The Kier molecular flexibility index (Phi) is 6.82. The van der Waals surface area contributed by atoms with Crippen LogP contribution in [0.25, 0.3) is 0 Å². The van der Waals surface area contributed by atoms with Crippen molar-refractivity contribution in [2.24, 2.45) is 0 Å². The Morgan fingerprint density at radius 2 is 2.04 bits per heavy atom. The summed E-state index contributed by atoms with van der Waals surface area (Å²) in [6.07, 6.45) is -4.82. The first-order chi connectivity index (χ1) is 11.3. The van der Waals surface area contributed by atoms with E-state index in [1.54, 1.807) is 18.2 Å². The van der Waals surface area contributed by atoms with Crippen molar-refractivity contribution in [2.45, 2.75) is 44.2 Å². The van der Waals surface area contributed by atoms with E-state index in [4.69, 9.17) is 32.7 Å². The number of nitrogens with one attached hydrogen (secondary N) is 1. The average Bonchev–Trinajstić information content (AvgIpc) is 2.52. The number of amides is 1. The van der Waals surface area contributed by atoms with Gasteiger partial charge in [-0.1, -0.05) is 29.3 Å². The van der Waals surface area contributed by atoms with Gasteiger partial charge in [0.25, 0.3) is 0 Å². The summed E-state index contributed by atoms with van der Waals surface area (Å²) in [5.41, 5.74) is 0.632. The molecule has 1 aliphatic heterocycles. The van der Waals surface area contributed by atoms with Crippen LogP contribution in [-0.4, -0.2) is 58.5 Å². The van der Waals surface area contributed by atoms with Crippen molar-refractivity contribution >= 4 is 29.1 Å². The molecule has 1 aliphatic rings. The van der Waals surface area contributed by atoms with Crippen LogP contribution in [-0.2, 0) is 20.9 Å². The Bertz CT molecular complexity index is 587.